The number of ether oxygens (including phenoxy) is 1. The highest BCUT2D eigenvalue weighted by Gasteiger charge is 2.26. The number of carbonyl (C=O) groups excluding carboxylic acids is 1. The zero-order chi connectivity index (χ0) is 14.8. The van der Waals surface area contributed by atoms with Gasteiger partial charge in [-0.2, -0.15) is 0 Å². The van der Waals surface area contributed by atoms with E-state index < -0.39 is 0 Å². The first-order valence-corrected chi connectivity index (χ1v) is 7.11. The number of amides is 1. The molecule has 2 aromatic rings. The van der Waals surface area contributed by atoms with Crippen LogP contribution in [0.15, 0.2) is 36.5 Å². The molecule has 6 heteroatoms. The van der Waals surface area contributed by atoms with Gasteiger partial charge < -0.3 is 20.4 Å². The highest BCUT2D eigenvalue weighted by molar-refractivity contribution is 6.30. The van der Waals surface area contributed by atoms with Crippen LogP contribution < -0.4 is 5.73 Å². The molecule has 1 amide bonds. The van der Waals surface area contributed by atoms with Gasteiger partial charge in [-0.15, -0.1) is 0 Å². The number of nitrogens with one attached hydrogen (secondary N) is 1. The van der Waals surface area contributed by atoms with Crippen molar-refractivity contribution in [2.75, 3.05) is 25.4 Å². The smallest absolute Gasteiger partial charge is 0.270 e. The minimum Gasteiger partial charge on any atom is -0.397 e. The number of H-pyrrole nitrogens is 1. The lowest BCUT2D eigenvalue weighted by atomic mass is 10.1. The standard InChI is InChI=1S/C15H16ClN3O2/c16-11-3-1-10(2-4-11)14-9-19(5-6-21-14)15(20)13-7-12(17)8-18-13/h1-4,7-8,14,18H,5-6,9,17H2. The maximum absolute atomic E-state index is 12.4. The first-order valence-electron chi connectivity index (χ1n) is 6.74. The van der Waals surface area contributed by atoms with E-state index in [2.05, 4.69) is 4.98 Å². The van der Waals surface area contributed by atoms with E-state index in [0.29, 0.717) is 36.1 Å². The number of hydrogen-bond acceptors (Lipinski definition) is 3. The summed E-state index contributed by atoms with van der Waals surface area (Å²) in [4.78, 5) is 17.1. The molecule has 1 aromatic carbocycles. The van der Waals surface area contributed by atoms with Crippen LogP contribution in [-0.4, -0.2) is 35.5 Å². The van der Waals surface area contributed by atoms with Gasteiger partial charge in [0.05, 0.1) is 13.2 Å². The number of carbonyl (C=O) groups is 1. The Morgan fingerprint density at radius 3 is 2.81 bits per heavy atom. The number of nitrogens with two attached hydrogens (primary N) is 1. The summed E-state index contributed by atoms with van der Waals surface area (Å²) >= 11 is 5.89. The van der Waals surface area contributed by atoms with Crippen LogP contribution in [0, 0.1) is 0 Å². The van der Waals surface area contributed by atoms with E-state index in [1.807, 2.05) is 24.3 Å². The van der Waals surface area contributed by atoms with Gasteiger partial charge in [-0.3, -0.25) is 4.79 Å². The van der Waals surface area contributed by atoms with Crippen LogP contribution in [0.25, 0.3) is 0 Å². The van der Waals surface area contributed by atoms with Gasteiger partial charge in [0, 0.05) is 23.5 Å². The molecule has 1 saturated heterocycles. The number of anilines is 1. The summed E-state index contributed by atoms with van der Waals surface area (Å²) in [6.07, 6.45) is 1.48. The fourth-order valence-electron chi connectivity index (χ4n) is 2.42. The van der Waals surface area contributed by atoms with Crippen molar-refractivity contribution < 1.29 is 9.53 Å². The molecule has 1 fully saturated rings. The second-order valence-corrected chi connectivity index (χ2v) is 5.45. The van der Waals surface area contributed by atoms with Gasteiger partial charge in [0.2, 0.25) is 0 Å². The number of benzene rings is 1. The molecule has 2 heterocycles. The highest BCUT2D eigenvalue weighted by atomic mass is 35.5. The van der Waals surface area contributed by atoms with Gasteiger partial charge in [0.1, 0.15) is 11.8 Å². The monoisotopic (exact) mass is 305 g/mol. The summed E-state index contributed by atoms with van der Waals surface area (Å²) in [5.74, 6) is -0.0611. The molecule has 1 aliphatic rings. The average Bonchev–Trinajstić information content (AvgIpc) is 2.94. The molecular weight excluding hydrogens is 290 g/mol. The summed E-state index contributed by atoms with van der Waals surface area (Å²) in [6, 6.07) is 9.15. The van der Waals surface area contributed by atoms with Gasteiger partial charge in [0.15, 0.2) is 0 Å². The summed E-state index contributed by atoms with van der Waals surface area (Å²) in [5, 5.41) is 0.685. The molecule has 0 spiro atoms. The molecule has 1 atom stereocenters. The number of nitrogens with zero attached hydrogens (tertiary/aromatic N) is 1. The van der Waals surface area contributed by atoms with Crippen LogP contribution in [0.5, 0.6) is 0 Å². The SMILES string of the molecule is Nc1c[nH]c(C(=O)N2CCOC(c3ccc(Cl)cc3)C2)c1. The van der Waals surface area contributed by atoms with Crippen molar-refractivity contribution >= 4 is 23.2 Å². The van der Waals surface area contributed by atoms with Gasteiger partial charge >= 0.3 is 0 Å². The van der Waals surface area contributed by atoms with Crippen molar-refractivity contribution in [1.82, 2.24) is 9.88 Å². The fraction of sp³-hybridized carbons (Fsp3) is 0.267. The molecule has 110 valence electrons. The molecule has 1 unspecified atom stereocenters. The molecule has 1 aliphatic heterocycles. The molecule has 1 aromatic heterocycles. The van der Waals surface area contributed by atoms with Crippen molar-refractivity contribution in [1.29, 1.82) is 0 Å². The number of morpholine rings is 1. The third-order valence-corrected chi connectivity index (χ3v) is 3.78. The lowest BCUT2D eigenvalue weighted by molar-refractivity contribution is -0.0229. The minimum absolute atomic E-state index is 0.0611. The predicted molar refractivity (Wildman–Crippen MR) is 81.3 cm³/mol. The molecule has 5 nitrogen and oxygen atoms in total. The Kier molecular flexibility index (Phi) is 3.86. The first kappa shape index (κ1) is 14.0. The Morgan fingerprint density at radius 1 is 1.38 bits per heavy atom. The van der Waals surface area contributed by atoms with Crippen molar-refractivity contribution in [3.8, 4) is 0 Å². The normalized spacial score (nSPS) is 18.7. The summed E-state index contributed by atoms with van der Waals surface area (Å²) < 4.78 is 5.75. The van der Waals surface area contributed by atoms with Crippen LogP contribution >= 0.6 is 11.6 Å². The second kappa shape index (κ2) is 5.79. The molecule has 0 aliphatic carbocycles. The molecule has 0 bridgehead atoms. The molecular formula is C15H16ClN3O2. The van der Waals surface area contributed by atoms with Gasteiger partial charge in [-0.25, -0.2) is 0 Å². The average molecular weight is 306 g/mol. The van der Waals surface area contributed by atoms with E-state index in [-0.39, 0.29) is 12.0 Å². The maximum Gasteiger partial charge on any atom is 0.270 e. The Labute approximate surface area is 127 Å². The van der Waals surface area contributed by atoms with E-state index in [1.165, 1.54) is 0 Å². The maximum atomic E-state index is 12.4. The van der Waals surface area contributed by atoms with Gasteiger partial charge in [0.25, 0.3) is 5.91 Å². The van der Waals surface area contributed by atoms with Crippen LogP contribution in [0.1, 0.15) is 22.2 Å². The summed E-state index contributed by atoms with van der Waals surface area (Å²) in [7, 11) is 0. The third-order valence-electron chi connectivity index (χ3n) is 3.53. The fourth-order valence-corrected chi connectivity index (χ4v) is 2.54. The molecule has 0 radical (unpaired) electrons. The number of aromatic nitrogens is 1. The Balaban J connectivity index is 1.73. The molecule has 3 N–H and O–H groups in total. The summed E-state index contributed by atoms with van der Waals surface area (Å²) in [6.45, 7) is 1.59. The van der Waals surface area contributed by atoms with Gasteiger partial charge in [-0.05, 0) is 23.8 Å². The van der Waals surface area contributed by atoms with Gasteiger partial charge in [-0.1, -0.05) is 23.7 Å². The zero-order valence-corrected chi connectivity index (χ0v) is 12.1. The number of rotatable bonds is 2. The minimum atomic E-state index is -0.132. The Morgan fingerprint density at radius 2 is 2.14 bits per heavy atom. The molecule has 21 heavy (non-hydrogen) atoms. The van der Waals surface area contributed by atoms with E-state index in [9.17, 15) is 4.79 Å². The van der Waals surface area contributed by atoms with Crippen molar-refractivity contribution in [2.45, 2.75) is 6.10 Å². The zero-order valence-electron chi connectivity index (χ0n) is 11.4. The van der Waals surface area contributed by atoms with E-state index in [0.717, 1.165) is 5.56 Å². The number of halogens is 1. The van der Waals surface area contributed by atoms with E-state index in [1.54, 1.807) is 17.2 Å². The first-order chi connectivity index (χ1) is 10.1. The molecule has 3 rings (SSSR count). The number of nitrogen functional groups attached to an aromatic ring is 1. The second-order valence-electron chi connectivity index (χ2n) is 5.01. The van der Waals surface area contributed by atoms with Crippen LogP contribution in [0.4, 0.5) is 5.69 Å². The quantitative estimate of drug-likeness (QED) is 0.895. The lowest BCUT2D eigenvalue weighted by Crippen LogP contribution is -2.42. The highest BCUT2D eigenvalue weighted by Crippen LogP contribution is 2.24. The lowest BCUT2D eigenvalue weighted by Gasteiger charge is -2.33. The largest absolute Gasteiger partial charge is 0.397 e. The van der Waals surface area contributed by atoms with Crippen molar-refractivity contribution in [3.05, 3.63) is 52.8 Å². The van der Waals surface area contributed by atoms with Crippen molar-refractivity contribution in [3.63, 3.8) is 0 Å². The predicted octanol–water partition coefficient (Wildman–Crippen LogP) is 2.46. The number of aromatic amines is 1. The molecule has 0 saturated carbocycles. The van der Waals surface area contributed by atoms with Crippen LogP contribution in [0.3, 0.4) is 0 Å². The van der Waals surface area contributed by atoms with E-state index >= 15 is 0 Å². The number of hydrogen-bond donors (Lipinski definition) is 2. The Hall–Kier alpha value is -1.98. The van der Waals surface area contributed by atoms with Crippen LogP contribution in [-0.2, 0) is 4.74 Å². The topological polar surface area (TPSA) is 71.4 Å². The third kappa shape index (κ3) is 3.04. The van der Waals surface area contributed by atoms with Crippen LogP contribution in [0.2, 0.25) is 5.02 Å². The summed E-state index contributed by atoms with van der Waals surface area (Å²) in [5.41, 5.74) is 7.72. The van der Waals surface area contributed by atoms with E-state index in [4.69, 9.17) is 22.1 Å². The van der Waals surface area contributed by atoms with Crippen molar-refractivity contribution in [2.24, 2.45) is 0 Å². The Bertz CT molecular complexity index is 639.